The Kier molecular flexibility index (Phi) is 4.92. The summed E-state index contributed by atoms with van der Waals surface area (Å²) in [5.74, 6) is -0.618. The van der Waals surface area contributed by atoms with Crippen molar-refractivity contribution >= 4 is 39.8 Å². The van der Waals surface area contributed by atoms with Crippen LogP contribution in [0, 0.1) is 6.92 Å². The summed E-state index contributed by atoms with van der Waals surface area (Å²) in [6.45, 7) is 6.38. The summed E-state index contributed by atoms with van der Waals surface area (Å²) in [6, 6.07) is 3.47. The molecule has 1 aromatic carbocycles. The molecule has 3 aromatic rings. The van der Waals surface area contributed by atoms with Gasteiger partial charge in [-0.2, -0.15) is 0 Å². The van der Waals surface area contributed by atoms with Crippen molar-refractivity contribution in [3.63, 3.8) is 0 Å². The topological polar surface area (TPSA) is 61.2 Å². The second kappa shape index (κ2) is 6.98. The number of rotatable bonds is 4. The van der Waals surface area contributed by atoms with Gasteiger partial charge in [-0.25, -0.2) is 9.78 Å². The van der Waals surface area contributed by atoms with E-state index < -0.39 is 5.97 Å². The Balaban J connectivity index is 2.29. The first-order valence-corrected chi connectivity index (χ1v) is 9.18. The maximum atomic E-state index is 12.7. The number of aryl methyl sites for hydroxylation is 2. The van der Waals surface area contributed by atoms with Crippen molar-refractivity contribution in [1.29, 1.82) is 0 Å². The molecule has 0 aliphatic rings. The summed E-state index contributed by atoms with van der Waals surface area (Å²) >= 11 is 7.91. The van der Waals surface area contributed by atoms with Gasteiger partial charge in [0.25, 0.3) is 0 Å². The molecule has 0 amide bonds. The molecule has 0 bridgehead atoms. The summed E-state index contributed by atoms with van der Waals surface area (Å²) in [7, 11) is 0. The molecule has 0 saturated carbocycles. The standard InChI is InChI=1S/C18H17ClN2O3S/c1-4-21-8-13(18(23)24-5-2)16(22)12-6-14(19)11(7-15(12)21)17-20-10(3)9-25-17/h6-9H,4-5H2,1-3H3. The van der Waals surface area contributed by atoms with E-state index in [0.29, 0.717) is 22.5 Å². The van der Waals surface area contributed by atoms with E-state index in [-0.39, 0.29) is 17.6 Å². The number of hydrogen-bond donors (Lipinski definition) is 0. The van der Waals surface area contributed by atoms with Crippen LogP contribution in [0.3, 0.4) is 0 Å². The Morgan fingerprint density at radius 3 is 2.72 bits per heavy atom. The number of fused-ring (bicyclic) bond motifs is 1. The van der Waals surface area contributed by atoms with Crippen LogP contribution in [-0.4, -0.2) is 22.1 Å². The second-order valence-corrected chi connectivity index (χ2v) is 6.79. The van der Waals surface area contributed by atoms with Crippen LogP contribution in [0.15, 0.2) is 28.5 Å². The first-order chi connectivity index (χ1) is 12.0. The van der Waals surface area contributed by atoms with Crippen molar-refractivity contribution in [2.45, 2.75) is 27.3 Å². The first-order valence-electron chi connectivity index (χ1n) is 7.92. The molecule has 130 valence electrons. The summed E-state index contributed by atoms with van der Waals surface area (Å²) in [4.78, 5) is 29.3. The average molecular weight is 377 g/mol. The summed E-state index contributed by atoms with van der Waals surface area (Å²) in [5, 5.41) is 3.58. The van der Waals surface area contributed by atoms with Crippen LogP contribution >= 0.6 is 22.9 Å². The van der Waals surface area contributed by atoms with Gasteiger partial charge < -0.3 is 9.30 Å². The van der Waals surface area contributed by atoms with Gasteiger partial charge in [0.05, 0.1) is 17.1 Å². The smallest absolute Gasteiger partial charge is 0.343 e. The van der Waals surface area contributed by atoms with Crippen molar-refractivity contribution in [3.8, 4) is 10.6 Å². The molecule has 0 aliphatic heterocycles. The van der Waals surface area contributed by atoms with Gasteiger partial charge in [0.2, 0.25) is 5.43 Å². The van der Waals surface area contributed by atoms with Crippen molar-refractivity contribution < 1.29 is 9.53 Å². The number of aromatic nitrogens is 2. The van der Waals surface area contributed by atoms with E-state index in [0.717, 1.165) is 16.3 Å². The highest BCUT2D eigenvalue weighted by molar-refractivity contribution is 7.13. The molecule has 0 saturated heterocycles. The highest BCUT2D eigenvalue weighted by Crippen LogP contribution is 2.33. The lowest BCUT2D eigenvalue weighted by Crippen LogP contribution is -2.20. The number of halogens is 1. The summed E-state index contributed by atoms with van der Waals surface area (Å²) in [5.41, 5.74) is 2.05. The number of carbonyl (C=O) groups is 1. The molecule has 5 nitrogen and oxygen atoms in total. The van der Waals surface area contributed by atoms with Gasteiger partial charge >= 0.3 is 5.97 Å². The molecule has 0 spiro atoms. The molecule has 25 heavy (non-hydrogen) atoms. The number of thiazole rings is 1. The fraction of sp³-hybridized carbons (Fsp3) is 0.278. The Morgan fingerprint density at radius 2 is 2.12 bits per heavy atom. The molecule has 0 fully saturated rings. The van der Waals surface area contributed by atoms with Gasteiger partial charge in [0, 0.05) is 34.8 Å². The van der Waals surface area contributed by atoms with Crippen LogP contribution in [0.2, 0.25) is 5.02 Å². The molecule has 0 aliphatic carbocycles. The number of hydrogen-bond acceptors (Lipinski definition) is 5. The zero-order valence-corrected chi connectivity index (χ0v) is 15.7. The van der Waals surface area contributed by atoms with Gasteiger partial charge in [-0.1, -0.05) is 11.6 Å². The molecular formula is C18H17ClN2O3S. The third-order valence-corrected chi connectivity index (χ3v) is 5.16. The molecule has 0 unspecified atom stereocenters. The predicted molar refractivity (Wildman–Crippen MR) is 101 cm³/mol. The molecule has 0 N–H and O–H groups in total. The Labute approximate surface area is 153 Å². The monoisotopic (exact) mass is 376 g/mol. The first kappa shape index (κ1) is 17.6. The van der Waals surface area contributed by atoms with E-state index in [2.05, 4.69) is 4.98 Å². The lowest BCUT2D eigenvalue weighted by atomic mass is 10.1. The van der Waals surface area contributed by atoms with Gasteiger partial charge in [-0.05, 0) is 32.9 Å². The molecule has 3 rings (SSSR count). The van der Waals surface area contributed by atoms with Crippen LogP contribution in [0.1, 0.15) is 29.9 Å². The SMILES string of the molecule is CCOC(=O)c1cn(CC)c2cc(-c3nc(C)cs3)c(Cl)cc2c1=O. The molecule has 0 radical (unpaired) electrons. The van der Waals surface area contributed by atoms with E-state index >= 15 is 0 Å². The number of ether oxygens (including phenoxy) is 1. The fourth-order valence-electron chi connectivity index (χ4n) is 2.67. The van der Waals surface area contributed by atoms with Crippen molar-refractivity contribution in [1.82, 2.24) is 9.55 Å². The van der Waals surface area contributed by atoms with Gasteiger partial charge in [-0.15, -0.1) is 11.3 Å². The number of nitrogens with zero attached hydrogens (tertiary/aromatic N) is 2. The zero-order chi connectivity index (χ0) is 18.1. The molecule has 2 aromatic heterocycles. The maximum Gasteiger partial charge on any atom is 0.343 e. The zero-order valence-electron chi connectivity index (χ0n) is 14.1. The number of benzene rings is 1. The summed E-state index contributed by atoms with van der Waals surface area (Å²) < 4.78 is 6.84. The van der Waals surface area contributed by atoms with Crippen LogP contribution in [0.25, 0.3) is 21.5 Å². The van der Waals surface area contributed by atoms with E-state index in [1.165, 1.54) is 11.3 Å². The Hall–Kier alpha value is -2.18. The van der Waals surface area contributed by atoms with E-state index in [1.807, 2.05) is 29.9 Å². The molecular weight excluding hydrogens is 360 g/mol. The minimum absolute atomic E-state index is 0.0186. The van der Waals surface area contributed by atoms with Crippen LogP contribution < -0.4 is 5.43 Å². The number of pyridine rings is 1. The number of carbonyl (C=O) groups excluding carboxylic acids is 1. The third-order valence-electron chi connectivity index (χ3n) is 3.85. The van der Waals surface area contributed by atoms with Crippen molar-refractivity contribution in [2.75, 3.05) is 6.61 Å². The lowest BCUT2D eigenvalue weighted by molar-refractivity contribution is 0.0524. The van der Waals surface area contributed by atoms with Gasteiger partial charge in [0.15, 0.2) is 0 Å². The van der Waals surface area contributed by atoms with E-state index in [1.54, 1.807) is 19.2 Å². The normalized spacial score (nSPS) is 11.0. The maximum absolute atomic E-state index is 12.7. The molecule has 2 heterocycles. The van der Waals surface area contributed by atoms with E-state index in [4.69, 9.17) is 16.3 Å². The predicted octanol–water partition coefficient (Wildman–Crippen LogP) is 4.28. The quantitative estimate of drug-likeness (QED) is 0.637. The minimum Gasteiger partial charge on any atom is -0.462 e. The van der Waals surface area contributed by atoms with E-state index in [9.17, 15) is 9.59 Å². The minimum atomic E-state index is -0.618. The highest BCUT2D eigenvalue weighted by atomic mass is 35.5. The lowest BCUT2D eigenvalue weighted by Gasteiger charge is -2.13. The number of esters is 1. The largest absolute Gasteiger partial charge is 0.462 e. The summed E-state index contributed by atoms with van der Waals surface area (Å²) in [6.07, 6.45) is 1.55. The van der Waals surface area contributed by atoms with Crippen molar-refractivity contribution in [2.24, 2.45) is 0 Å². The fourth-order valence-corrected chi connectivity index (χ4v) is 3.80. The second-order valence-electron chi connectivity index (χ2n) is 5.52. The van der Waals surface area contributed by atoms with Gasteiger partial charge in [-0.3, -0.25) is 4.79 Å². The third kappa shape index (κ3) is 3.19. The average Bonchev–Trinajstić information content (AvgIpc) is 3.01. The van der Waals surface area contributed by atoms with Gasteiger partial charge in [0.1, 0.15) is 10.6 Å². The Bertz CT molecular complexity index is 1020. The van der Waals surface area contributed by atoms with Crippen LogP contribution in [-0.2, 0) is 11.3 Å². The van der Waals surface area contributed by atoms with Crippen LogP contribution in [0.4, 0.5) is 0 Å². The highest BCUT2D eigenvalue weighted by Gasteiger charge is 2.18. The Morgan fingerprint density at radius 1 is 1.36 bits per heavy atom. The van der Waals surface area contributed by atoms with Crippen molar-refractivity contribution in [3.05, 3.63) is 50.2 Å². The van der Waals surface area contributed by atoms with Crippen LogP contribution in [0.5, 0.6) is 0 Å². The molecule has 7 heteroatoms. The molecule has 0 atom stereocenters.